The molecule has 5 nitrogen and oxygen atoms in total. The van der Waals surface area contributed by atoms with Crippen molar-refractivity contribution in [2.45, 2.75) is 4.90 Å². The smallest absolute Gasteiger partial charge is 0.253 e. The van der Waals surface area contributed by atoms with Gasteiger partial charge in [0.2, 0.25) is 10.0 Å². The largest absolute Gasteiger partial charge is 0.345 e. The van der Waals surface area contributed by atoms with Crippen molar-refractivity contribution in [3.05, 3.63) is 42.5 Å². The predicted molar refractivity (Wildman–Crippen MR) is 69.8 cm³/mol. The van der Waals surface area contributed by atoms with Crippen molar-refractivity contribution < 1.29 is 13.2 Å². The number of carbonyl (C=O) groups excluding carboxylic acids is 1. The first-order valence-electron chi connectivity index (χ1n) is 5.31. The standard InChI is InChI=1S/C12H16N2O3S/c1-4-8-13-18(16,17)11-7-5-6-10(9-11)12(15)14(2)3/h4-7,9,13H,1,8H2,2-3H3. The van der Waals surface area contributed by atoms with Crippen LogP contribution in [0.5, 0.6) is 0 Å². The lowest BCUT2D eigenvalue weighted by atomic mass is 10.2. The quantitative estimate of drug-likeness (QED) is 0.805. The average molecular weight is 268 g/mol. The van der Waals surface area contributed by atoms with Gasteiger partial charge in [0, 0.05) is 26.2 Å². The van der Waals surface area contributed by atoms with E-state index in [0.717, 1.165) is 0 Å². The van der Waals surface area contributed by atoms with Crippen LogP contribution in [-0.4, -0.2) is 39.9 Å². The second-order valence-corrected chi connectivity index (χ2v) is 5.63. The number of sulfonamides is 1. The molecule has 0 aliphatic rings. The molecule has 0 fully saturated rings. The summed E-state index contributed by atoms with van der Waals surface area (Å²) in [6.45, 7) is 3.59. The molecule has 0 bridgehead atoms. The van der Waals surface area contributed by atoms with Crippen LogP contribution in [0, 0.1) is 0 Å². The number of nitrogens with one attached hydrogen (secondary N) is 1. The zero-order valence-electron chi connectivity index (χ0n) is 10.4. The normalized spacial score (nSPS) is 11.0. The summed E-state index contributed by atoms with van der Waals surface area (Å²) in [5.41, 5.74) is 0.335. The summed E-state index contributed by atoms with van der Waals surface area (Å²) in [5.74, 6) is -0.240. The van der Waals surface area contributed by atoms with Crippen molar-refractivity contribution in [3.8, 4) is 0 Å². The summed E-state index contributed by atoms with van der Waals surface area (Å²) >= 11 is 0. The molecule has 1 aromatic carbocycles. The van der Waals surface area contributed by atoms with Gasteiger partial charge in [0.05, 0.1) is 4.90 Å². The number of nitrogens with zero attached hydrogens (tertiary/aromatic N) is 1. The molecule has 1 N–H and O–H groups in total. The molecule has 1 amide bonds. The van der Waals surface area contributed by atoms with E-state index in [0.29, 0.717) is 5.56 Å². The van der Waals surface area contributed by atoms with E-state index in [-0.39, 0.29) is 17.3 Å². The third-order valence-electron chi connectivity index (χ3n) is 2.22. The van der Waals surface area contributed by atoms with Crippen LogP contribution in [0.4, 0.5) is 0 Å². The Hall–Kier alpha value is -1.66. The highest BCUT2D eigenvalue weighted by atomic mass is 32.2. The SMILES string of the molecule is C=CCNS(=O)(=O)c1cccc(C(=O)N(C)C)c1. The van der Waals surface area contributed by atoms with Crippen LogP contribution < -0.4 is 4.72 Å². The molecule has 0 unspecified atom stereocenters. The molecule has 0 saturated heterocycles. The molecule has 0 aliphatic heterocycles. The first-order valence-corrected chi connectivity index (χ1v) is 6.79. The maximum atomic E-state index is 11.9. The molecule has 0 atom stereocenters. The highest BCUT2D eigenvalue weighted by molar-refractivity contribution is 7.89. The fourth-order valence-electron chi connectivity index (χ4n) is 1.31. The molecular weight excluding hydrogens is 252 g/mol. The molecular formula is C12H16N2O3S. The summed E-state index contributed by atoms with van der Waals surface area (Å²) in [4.78, 5) is 13.2. The Labute approximate surface area is 107 Å². The van der Waals surface area contributed by atoms with Crippen LogP contribution in [0.1, 0.15) is 10.4 Å². The third kappa shape index (κ3) is 3.41. The summed E-state index contributed by atoms with van der Waals surface area (Å²) in [7, 11) is -0.375. The second kappa shape index (κ2) is 5.79. The monoisotopic (exact) mass is 268 g/mol. The van der Waals surface area contributed by atoms with Gasteiger partial charge in [-0.25, -0.2) is 13.1 Å². The van der Waals surface area contributed by atoms with Crippen molar-refractivity contribution in [2.24, 2.45) is 0 Å². The van der Waals surface area contributed by atoms with Gasteiger partial charge in [0.1, 0.15) is 0 Å². The van der Waals surface area contributed by atoms with Crippen LogP contribution in [-0.2, 0) is 10.0 Å². The first-order chi connectivity index (χ1) is 8.38. The van der Waals surface area contributed by atoms with Gasteiger partial charge in [0.15, 0.2) is 0 Å². The van der Waals surface area contributed by atoms with Gasteiger partial charge in [0.25, 0.3) is 5.91 Å². The molecule has 98 valence electrons. The number of hydrogen-bond acceptors (Lipinski definition) is 3. The summed E-state index contributed by atoms with van der Waals surface area (Å²) in [6, 6.07) is 5.92. The number of rotatable bonds is 5. The minimum atomic E-state index is -3.60. The molecule has 1 aromatic rings. The van der Waals surface area contributed by atoms with Crippen LogP contribution >= 0.6 is 0 Å². The maximum absolute atomic E-state index is 11.9. The van der Waals surface area contributed by atoms with Gasteiger partial charge in [-0.1, -0.05) is 12.1 Å². The fourth-order valence-corrected chi connectivity index (χ4v) is 2.35. The molecule has 0 aromatic heterocycles. The Kier molecular flexibility index (Phi) is 4.63. The van der Waals surface area contributed by atoms with E-state index in [1.807, 2.05) is 0 Å². The topological polar surface area (TPSA) is 66.5 Å². The Morgan fingerprint density at radius 3 is 2.67 bits per heavy atom. The lowest BCUT2D eigenvalue weighted by molar-refractivity contribution is 0.0827. The number of benzene rings is 1. The molecule has 6 heteroatoms. The van der Waals surface area contributed by atoms with E-state index in [4.69, 9.17) is 0 Å². The lowest BCUT2D eigenvalue weighted by Crippen LogP contribution is -2.25. The second-order valence-electron chi connectivity index (χ2n) is 3.87. The zero-order valence-corrected chi connectivity index (χ0v) is 11.2. The van der Waals surface area contributed by atoms with Crippen molar-refractivity contribution in [3.63, 3.8) is 0 Å². The van der Waals surface area contributed by atoms with Gasteiger partial charge in [-0.3, -0.25) is 4.79 Å². The average Bonchev–Trinajstić information content (AvgIpc) is 2.35. The molecule has 0 radical (unpaired) electrons. The van der Waals surface area contributed by atoms with E-state index in [2.05, 4.69) is 11.3 Å². The molecule has 0 spiro atoms. The van der Waals surface area contributed by atoms with E-state index in [1.54, 1.807) is 26.2 Å². The van der Waals surface area contributed by atoms with Crippen LogP contribution in [0.2, 0.25) is 0 Å². The van der Waals surface area contributed by atoms with E-state index in [1.165, 1.54) is 23.1 Å². The Morgan fingerprint density at radius 2 is 2.11 bits per heavy atom. The minimum absolute atomic E-state index is 0.0667. The summed E-state index contributed by atoms with van der Waals surface area (Å²) in [5, 5.41) is 0. The number of carbonyl (C=O) groups is 1. The molecule has 18 heavy (non-hydrogen) atoms. The molecule has 0 aliphatic carbocycles. The highest BCUT2D eigenvalue weighted by Crippen LogP contribution is 2.12. The molecule has 0 saturated carbocycles. The highest BCUT2D eigenvalue weighted by Gasteiger charge is 2.15. The van der Waals surface area contributed by atoms with Crippen molar-refractivity contribution in [1.29, 1.82) is 0 Å². The van der Waals surface area contributed by atoms with E-state index < -0.39 is 10.0 Å². The van der Waals surface area contributed by atoms with Gasteiger partial charge in [-0.15, -0.1) is 6.58 Å². The molecule has 0 heterocycles. The van der Waals surface area contributed by atoms with Crippen LogP contribution in [0.25, 0.3) is 0 Å². The van der Waals surface area contributed by atoms with E-state index in [9.17, 15) is 13.2 Å². The fraction of sp³-hybridized carbons (Fsp3) is 0.250. The van der Waals surface area contributed by atoms with Gasteiger partial charge < -0.3 is 4.90 Å². The third-order valence-corrected chi connectivity index (χ3v) is 3.64. The number of amides is 1. The van der Waals surface area contributed by atoms with Crippen molar-refractivity contribution in [1.82, 2.24) is 9.62 Å². The van der Waals surface area contributed by atoms with Gasteiger partial charge >= 0.3 is 0 Å². The predicted octanol–water partition coefficient (Wildman–Crippen LogP) is 0.853. The Morgan fingerprint density at radius 1 is 1.44 bits per heavy atom. The number of hydrogen-bond donors (Lipinski definition) is 1. The van der Waals surface area contributed by atoms with Crippen LogP contribution in [0.15, 0.2) is 41.8 Å². The summed E-state index contributed by atoms with van der Waals surface area (Å²) in [6.07, 6.45) is 1.45. The van der Waals surface area contributed by atoms with E-state index >= 15 is 0 Å². The Balaban J connectivity index is 3.09. The van der Waals surface area contributed by atoms with Crippen molar-refractivity contribution in [2.75, 3.05) is 20.6 Å². The van der Waals surface area contributed by atoms with Gasteiger partial charge in [-0.05, 0) is 18.2 Å². The Bertz CT molecular complexity index is 550. The first kappa shape index (κ1) is 14.4. The lowest BCUT2D eigenvalue weighted by Gasteiger charge is -2.11. The summed E-state index contributed by atoms with van der Waals surface area (Å²) < 4.78 is 26.1. The molecule has 1 rings (SSSR count). The maximum Gasteiger partial charge on any atom is 0.253 e. The van der Waals surface area contributed by atoms with Crippen molar-refractivity contribution >= 4 is 15.9 Å². The van der Waals surface area contributed by atoms with Gasteiger partial charge in [-0.2, -0.15) is 0 Å². The minimum Gasteiger partial charge on any atom is -0.345 e. The van der Waals surface area contributed by atoms with Crippen LogP contribution in [0.3, 0.4) is 0 Å². The zero-order chi connectivity index (χ0) is 13.8.